The van der Waals surface area contributed by atoms with Gasteiger partial charge in [-0.3, -0.25) is 4.79 Å². The topological polar surface area (TPSA) is 40.5 Å². The molecule has 0 radical (unpaired) electrons. The third-order valence-corrected chi connectivity index (χ3v) is 4.45. The highest BCUT2D eigenvalue weighted by Gasteiger charge is 2.32. The molecule has 1 aromatic rings. The molecule has 0 spiro atoms. The zero-order valence-electron chi connectivity index (χ0n) is 10.7. The summed E-state index contributed by atoms with van der Waals surface area (Å²) in [5.41, 5.74) is 3.55. The fraction of sp³-hybridized carbons (Fsp3) is 0.533. The van der Waals surface area contributed by atoms with Crippen LogP contribution in [0.3, 0.4) is 0 Å². The Balaban J connectivity index is 1.95. The number of fused-ring (bicyclic) bond motifs is 1. The number of anilines is 1. The predicted octanol–water partition coefficient (Wildman–Crippen LogP) is 2.79. The van der Waals surface area contributed by atoms with Gasteiger partial charge in [0.15, 0.2) is 0 Å². The normalized spacial score (nSPS) is 20.4. The maximum atomic E-state index is 11.2. The van der Waals surface area contributed by atoms with Crippen LogP contribution in [0.5, 0.6) is 0 Å². The third kappa shape index (κ3) is 1.69. The molecule has 1 unspecified atom stereocenters. The van der Waals surface area contributed by atoms with Crippen LogP contribution < -0.4 is 4.90 Å². The van der Waals surface area contributed by atoms with E-state index in [0.717, 1.165) is 18.5 Å². The van der Waals surface area contributed by atoms with E-state index in [2.05, 4.69) is 11.0 Å². The van der Waals surface area contributed by atoms with Crippen LogP contribution in [-0.4, -0.2) is 23.7 Å². The van der Waals surface area contributed by atoms with Gasteiger partial charge in [0.25, 0.3) is 0 Å². The van der Waals surface area contributed by atoms with Crippen LogP contribution in [0.4, 0.5) is 5.69 Å². The second-order valence-corrected chi connectivity index (χ2v) is 5.43. The van der Waals surface area contributed by atoms with Crippen LogP contribution in [0.15, 0.2) is 18.2 Å². The first-order valence-corrected chi connectivity index (χ1v) is 6.79. The summed E-state index contributed by atoms with van der Waals surface area (Å²) in [5, 5.41) is 9.19. The molecule has 18 heavy (non-hydrogen) atoms. The highest BCUT2D eigenvalue weighted by Crippen LogP contribution is 2.39. The summed E-state index contributed by atoms with van der Waals surface area (Å²) < 4.78 is 0. The molecule has 1 aliphatic carbocycles. The van der Waals surface area contributed by atoms with Gasteiger partial charge in [-0.25, -0.2) is 0 Å². The lowest BCUT2D eigenvalue weighted by Gasteiger charge is -2.36. The average Bonchev–Trinajstić information content (AvgIpc) is 2.70. The Morgan fingerprint density at radius 2 is 2.22 bits per heavy atom. The molecule has 1 aromatic carbocycles. The number of aliphatic carboxylic acids is 1. The predicted molar refractivity (Wildman–Crippen MR) is 71.2 cm³/mol. The minimum atomic E-state index is -0.731. The second-order valence-electron chi connectivity index (χ2n) is 5.43. The van der Waals surface area contributed by atoms with Gasteiger partial charge in [0, 0.05) is 18.3 Å². The summed E-state index contributed by atoms with van der Waals surface area (Å²) in [6.45, 7) is 2.84. The maximum absolute atomic E-state index is 11.2. The number of nitrogens with zero attached hydrogens (tertiary/aromatic N) is 1. The van der Waals surface area contributed by atoms with Crippen LogP contribution in [0.25, 0.3) is 0 Å². The molecule has 3 heteroatoms. The Labute approximate surface area is 107 Å². The Hall–Kier alpha value is -1.51. The Kier molecular flexibility index (Phi) is 2.77. The summed E-state index contributed by atoms with van der Waals surface area (Å²) in [4.78, 5) is 13.7. The molecule has 0 saturated heterocycles. The summed E-state index contributed by atoms with van der Waals surface area (Å²) in [5.74, 6) is -1.13. The molecular weight excluding hydrogens is 226 g/mol. The lowest BCUT2D eigenvalue weighted by Crippen LogP contribution is -2.38. The monoisotopic (exact) mass is 245 g/mol. The van der Waals surface area contributed by atoms with Crippen LogP contribution in [-0.2, 0) is 11.2 Å². The Bertz CT molecular complexity index is 479. The zero-order valence-corrected chi connectivity index (χ0v) is 10.7. The van der Waals surface area contributed by atoms with E-state index in [4.69, 9.17) is 0 Å². The van der Waals surface area contributed by atoms with E-state index in [1.165, 1.54) is 30.5 Å². The minimum Gasteiger partial charge on any atom is -0.481 e. The number of carboxylic acids is 1. The van der Waals surface area contributed by atoms with Crippen molar-refractivity contribution in [1.82, 2.24) is 0 Å². The van der Waals surface area contributed by atoms with Crippen molar-refractivity contribution in [1.29, 1.82) is 0 Å². The number of rotatable bonds is 3. The summed E-state index contributed by atoms with van der Waals surface area (Å²) in [6.07, 6.45) is 4.91. The first kappa shape index (κ1) is 11.6. The zero-order chi connectivity index (χ0) is 12.7. The molecule has 1 fully saturated rings. The molecule has 96 valence electrons. The lowest BCUT2D eigenvalue weighted by molar-refractivity contribution is -0.138. The Morgan fingerprint density at radius 3 is 2.83 bits per heavy atom. The third-order valence-electron chi connectivity index (χ3n) is 4.45. The van der Waals surface area contributed by atoms with E-state index in [-0.39, 0.29) is 0 Å². The van der Waals surface area contributed by atoms with Gasteiger partial charge in [0.1, 0.15) is 0 Å². The van der Waals surface area contributed by atoms with E-state index in [1.54, 1.807) is 6.92 Å². The van der Waals surface area contributed by atoms with E-state index in [1.807, 2.05) is 12.1 Å². The van der Waals surface area contributed by atoms with Crippen molar-refractivity contribution >= 4 is 11.7 Å². The van der Waals surface area contributed by atoms with Crippen molar-refractivity contribution < 1.29 is 9.90 Å². The number of hydrogen-bond acceptors (Lipinski definition) is 2. The molecule has 0 amide bonds. The summed E-state index contributed by atoms with van der Waals surface area (Å²) in [7, 11) is 0. The SMILES string of the molecule is CC(C(=O)O)c1cccc2c1CCN2C1CCC1. The standard InChI is InChI=1S/C15H19NO2/c1-10(15(17)18)12-6-3-7-14-13(12)8-9-16(14)11-4-2-5-11/h3,6-7,10-11H,2,4-5,8-9H2,1H3,(H,17,18). The highest BCUT2D eigenvalue weighted by molar-refractivity contribution is 5.78. The van der Waals surface area contributed by atoms with Crippen molar-refractivity contribution in [3.8, 4) is 0 Å². The van der Waals surface area contributed by atoms with E-state index in [9.17, 15) is 9.90 Å². The smallest absolute Gasteiger partial charge is 0.310 e. The summed E-state index contributed by atoms with van der Waals surface area (Å²) in [6, 6.07) is 6.83. The summed E-state index contributed by atoms with van der Waals surface area (Å²) >= 11 is 0. The molecule has 1 aliphatic heterocycles. The minimum absolute atomic E-state index is 0.402. The quantitative estimate of drug-likeness (QED) is 0.890. The van der Waals surface area contributed by atoms with Crippen molar-refractivity contribution in [2.45, 2.75) is 44.6 Å². The van der Waals surface area contributed by atoms with Crippen LogP contribution >= 0.6 is 0 Å². The van der Waals surface area contributed by atoms with Crippen molar-refractivity contribution in [3.05, 3.63) is 29.3 Å². The van der Waals surface area contributed by atoms with Gasteiger partial charge in [-0.05, 0) is 49.8 Å². The molecule has 1 saturated carbocycles. The fourth-order valence-electron chi connectivity index (χ4n) is 3.10. The van der Waals surface area contributed by atoms with Gasteiger partial charge in [-0.1, -0.05) is 12.1 Å². The first-order valence-electron chi connectivity index (χ1n) is 6.79. The Morgan fingerprint density at radius 1 is 1.44 bits per heavy atom. The molecule has 3 rings (SSSR count). The largest absolute Gasteiger partial charge is 0.481 e. The number of carbonyl (C=O) groups is 1. The van der Waals surface area contributed by atoms with Gasteiger partial charge in [0.2, 0.25) is 0 Å². The van der Waals surface area contributed by atoms with Crippen molar-refractivity contribution in [2.75, 3.05) is 11.4 Å². The molecule has 1 heterocycles. The van der Waals surface area contributed by atoms with E-state index < -0.39 is 11.9 Å². The average molecular weight is 245 g/mol. The maximum Gasteiger partial charge on any atom is 0.310 e. The highest BCUT2D eigenvalue weighted by atomic mass is 16.4. The van der Waals surface area contributed by atoms with Gasteiger partial charge >= 0.3 is 5.97 Å². The van der Waals surface area contributed by atoms with Crippen molar-refractivity contribution in [2.24, 2.45) is 0 Å². The molecular formula is C15H19NO2. The van der Waals surface area contributed by atoms with Gasteiger partial charge < -0.3 is 10.0 Å². The number of hydrogen-bond donors (Lipinski definition) is 1. The fourth-order valence-corrected chi connectivity index (χ4v) is 3.10. The van der Waals surface area contributed by atoms with Gasteiger partial charge in [0.05, 0.1) is 5.92 Å². The number of benzene rings is 1. The lowest BCUT2D eigenvalue weighted by atomic mass is 9.91. The molecule has 1 N–H and O–H groups in total. The van der Waals surface area contributed by atoms with Crippen LogP contribution in [0, 0.1) is 0 Å². The number of carboxylic acid groups (broad SMARTS) is 1. The van der Waals surface area contributed by atoms with Gasteiger partial charge in [-0.15, -0.1) is 0 Å². The van der Waals surface area contributed by atoms with Crippen LogP contribution in [0.1, 0.15) is 43.2 Å². The molecule has 0 bridgehead atoms. The first-order chi connectivity index (χ1) is 8.68. The molecule has 1 atom stereocenters. The van der Waals surface area contributed by atoms with Crippen molar-refractivity contribution in [3.63, 3.8) is 0 Å². The second kappa shape index (κ2) is 4.30. The van der Waals surface area contributed by atoms with E-state index >= 15 is 0 Å². The van der Waals surface area contributed by atoms with Gasteiger partial charge in [-0.2, -0.15) is 0 Å². The molecule has 0 aromatic heterocycles. The van der Waals surface area contributed by atoms with E-state index in [0.29, 0.717) is 6.04 Å². The molecule has 3 nitrogen and oxygen atoms in total. The molecule has 2 aliphatic rings. The van der Waals surface area contributed by atoms with Crippen LogP contribution in [0.2, 0.25) is 0 Å².